The molecule has 0 amide bonds. The lowest BCUT2D eigenvalue weighted by atomic mass is 10.1. The maximum absolute atomic E-state index is 5.91. The molecule has 7 heteroatoms. The summed E-state index contributed by atoms with van der Waals surface area (Å²) in [6.45, 7) is 5.35. The Kier molecular flexibility index (Phi) is 7.89. The molecule has 0 saturated carbocycles. The minimum absolute atomic E-state index is 0. The van der Waals surface area contributed by atoms with Crippen molar-refractivity contribution in [1.82, 2.24) is 20.0 Å². The smallest absolute Gasteiger partial charge is 0.193 e. The summed E-state index contributed by atoms with van der Waals surface area (Å²) in [4.78, 5) is 6.72. The van der Waals surface area contributed by atoms with Gasteiger partial charge in [0.2, 0.25) is 0 Å². The van der Waals surface area contributed by atoms with Crippen molar-refractivity contribution in [2.45, 2.75) is 19.4 Å². The zero-order valence-corrected chi connectivity index (χ0v) is 18.0. The van der Waals surface area contributed by atoms with E-state index in [1.54, 1.807) is 0 Å². The number of rotatable bonds is 4. The van der Waals surface area contributed by atoms with E-state index in [2.05, 4.69) is 51.5 Å². The molecule has 1 unspecified atom stereocenters. The monoisotopic (exact) mass is 469 g/mol. The lowest BCUT2D eigenvalue weighted by Gasteiger charge is -2.34. The number of morpholine rings is 1. The SMILES string of the molecule is CN=C(NCCc1ccccc1C)N1CCOC(c2cnn(C)c2)C1.I. The molecule has 1 aliphatic rings. The van der Waals surface area contributed by atoms with Crippen LogP contribution in [0.4, 0.5) is 0 Å². The first-order chi connectivity index (χ1) is 12.2. The first-order valence-electron chi connectivity index (χ1n) is 8.77. The molecule has 1 N–H and O–H groups in total. The highest BCUT2D eigenvalue weighted by molar-refractivity contribution is 14.0. The summed E-state index contributed by atoms with van der Waals surface area (Å²) in [7, 11) is 3.76. The largest absolute Gasteiger partial charge is 0.370 e. The highest BCUT2D eigenvalue weighted by Gasteiger charge is 2.25. The van der Waals surface area contributed by atoms with Crippen molar-refractivity contribution < 1.29 is 4.74 Å². The predicted molar refractivity (Wildman–Crippen MR) is 115 cm³/mol. The average molecular weight is 469 g/mol. The van der Waals surface area contributed by atoms with Crippen molar-refractivity contribution in [2.24, 2.45) is 12.0 Å². The third kappa shape index (κ3) is 5.20. The number of hydrogen-bond donors (Lipinski definition) is 1. The van der Waals surface area contributed by atoms with Crippen LogP contribution in [0.15, 0.2) is 41.7 Å². The van der Waals surface area contributed by atoms with Gasteiger partial charge < -0.3 is 15.0 Å². The van der Waals surface area contributed by atoms with Crippen molar-refractivity contribution in [3.63, 3.8) is 0 Å². The Morgan fingerprint density at radius 2 is 2.19 bits per heavy atom. The summed E-state index contributed by atoms with van der Waals surface area (Å²) < 4.78 is 7.73. The molecule has 1 aromatic heterocycles. The fourth-order valence-electron chi connectivity index (χ4n) is 3.18. The van der Waals surface area contributed by atoms with Gasteiger partial charge in [-0.1, -0.05) is 24.3 Å². The van der Waals surface area contributed by atoms with E-state index in [1.807, 2.05) is 31.2 Å². The molecule has 142 valence electrons. The number of ether oxygens (including phenoxy) is 1. The minimum atomic E-state index is 0. The van der Waals surface area contributed by atoms with E-state index < -0.39 is 0 Å². The number of nitrogens with zero attached hydrogens (tertiary/aromatic N) is 4. The molecule has 2 aromatic rings. The van der Waals surface area contributed by atoms with Crippen molar-refractivity contribution in [2.75, 3.05) is 33.3 Å². The number of aryl methyl sites for hydroxylation is 2. The summed E-state index contributed by atoms with van der Waals surface area (Å²) in [5, 5.41) is 7.74. The van der Waals surface area contributed by atoms with Gasteiger partial charge in [0, 0.05) is 38.9 Å². The van der Waals surface area contributed by atoms with Crippen molar-refractivity contribution >= 4 is 29.9 Å². The van der Waals surface area contributed by atoms with E-state index in [0.29, 0.717) is 6.61 Å². The zero-order valence-electron chi connectivity index (χ0n) is 15.7. The minimum Gasteiger partial charge on any atom is -0.370 e. The van der Waals surface area contributed by atoms with Crippen LogP contribution in [-0.2, 0) is 18.2 Å². The van der Waals surface area contributed by atoms with Gasteiger partial charge in [-0.25, -0.2) is 0 Å². The first kappa shape index (κ1) is 20.7. The number of benzene rings is 1. The number of aromatic nitrogens is 2. The van der Waals surface area contributed by atoms with Gasteiger partial charge in [0.05, 0.1) is 19.3 Å². The van der Waals surface area contributed by atoms with Crippen LogP contribution in [0.1, 0.15) is 22.8 Å². The molecule has 1 saturated heterocycles. The molecule has 0 radical (unpaired) electrons. The van der Waals surface area contributed by atoms with Crippen LogP contribution in [0.5, 0.6) is 0 Å². The molecule has 26 heavy (non-hydrogen) atoms. The molecule has 2 heterocycles. The van der Waals surface area contributed by atoms with Crippen molar-refractivity contribution in [3.05, 3.63) is 53.3 Å². The standard InChI is InChI=1S/C19H27N5O.HI/c1-15-6-4-5-7-16(15)8-9-21-19(20-2)24-10-11-25-18(14-24)17-12-22-23(3)13-17;/h4-7,12-13,18H,8-11,14H2,1-3H3,(H,20,21);1H. The Bertz CT molecular complexity index is 730. The normalized spacial score (nSPS) is 17.7. The van der Waals surface area contributed by atoms with Gasteiger partial charge >= 0.3 is 0 Å². The molecule has 0 aliphatic carbocycles. The fourth-order valence-corrected chi connectivity index (χ4v) is 3.18. The molecule has 0 spiro atoms. The molecular weight excluding hydrogens is 441 g/mol. The molecule has 1 fully saturated rings. The molecule has 1 atom stereocenters. The summed E-state index contributed by atoms with van der Waals surface area (Å²) in [5.41, 5.74) is 3.82. The quantitative estimate of drug-likeness (QED) is 0.425. The van der Waals surface area contributed by atoms with Gasteiger partial charge in [-0.2, -0.15) is 5.10 Å². The van der Waals surface area contributed by atoms with Gasteiger partial charge in [0.25, 0.3) is 0 Å². The third-order valence-electron chi connectivity index (χ3n) is 4.61. The van der Waals surface area contributed by atoms with Crippen molar-refractivity contribution in [1.29, 1.82) is 0 Å². The van der Waals surface area contributed by atoms with Crippen LogP contribution in [0.3, 0.4) is 0 Å². The summed E-state index contributed by atoms with van der Waals surface area (Å²) in [6.07, 6.45) is 4.92. The second-order valence-corrected chi connectivity index (χ2v) is 6.40. The highest BCUT2D eigenvalue weighted by atomic mass is 127. The van der Waals surface area contributed by atoms with Gasteiger partial charge in [-0.15, -0.1) is 24.0 Å². The molecule has 1 aliphatic heterocycles. The highest BCUT2D eigenvalue weighted by Crippen LogP contribution is 2.21. The van der Waals surface area contributed by atoms with E-state index in [0.717, 1.165) is 37.6 Å². The lowest BCUT2D eigenvalue weighted by molar-refractivity contribution is -0.00800. The van der Waals surface area contributed by atoms with E-state index in [1.165, 1.54) is 11.1 Å². The van der Waals surface area contributed by atoms with E-state index in [4.69, 9.17) is 4.74 Å². The second kappa shape index (κ2) is 9.91. The molecule has 0 bridgehead atoms. The van der Waals surface area contributed by atoms with E-state index in [-0.39, 0.29) is 30.1 Å². The number of aliphatic imine (C=N–C) groups is 1. The van der Waals surface area contributed by atoms with Crippen LogP contribution >= 0.6 is 24.0 Å². The number of guanidine groups is 1. The topological polar surface area (TPSA) is 54.7 Å². The maximum atomic E-state index is 5.91. The van der Waals surface area contributed by atoms with E-state index >= 15 is 0 Å². The molecule has 6 nitrogen and oxygen atoms in total. The predicted octanol–water partition coefficient (Wildman–Crippen LogP) is 2.54. The average Bonchev–Trinajstić information content (AvgIpc) is 3.07. The van der Waals surface area contributed by atoms with Gasteiger partial charge in [0.15, 0.2) is 5.96 Å². The zero-order chi connectivity index (χ0) is 17.6. The van der Waals surface area contributed by atoms with Crippen LogP contribution < -0.4 is 5.32 Å². The lowest BCUT2D eigenvalue weighted by Crippen LogP contribution is -2.48. The number of halogens is 1. The van der Waals surface area contributed by atoms with Gasteiger partial charge in [-0.3, -0.25) is 9.67 Å². The summed E-state index contributed by atoms with van der Waals surface area (Å²) >= 11 is 0. The number of hydrogen-bond acceptors (Lipinski definition) is 3. The van der Waals surface area contributed by atoms with Crippen LogP contribution in [0.25, 0.3) is 0 Å². The Hall–Kier alpha value is -1.61. The van der Waals surface area contributed by atoms with E-state index in [9.17, 15) is 0 Å². The summed E-state index contributed by atoms with van der Waals surface area (Å²) in [5.74, 6) is 0.936. The van der Waals surface area contributed by atoms with Crippen molar-refractivity contribution in [3.8, 4) is 0 Å². The van der Waals surface area contributed by atoms with Gasteiger partial charge in [0.1, 0.15) is 6.10 Å². The third-order valence-corrected chi connectivity index (χ3v) is 4.61. The first-order valence-corrected chi connectivity index (χ1v) is 8.77. The summed E-state index contributed by atoms with van der Waals surface area (Å²) in [6, 6.07) is 8.52. The van der Waals surface area contributed by atoms with Crippen LogP contribution in [-0.4, -0.2) is 53.9 Å². The number of nitrogens with one attached hydrogen (secondary N) is 1. The Morgan fingerprint density at radius 1 is 1.38 bits per heavy atom. The van der Waals surface area contributed by atoms with Gasteiger partial charge in [-0.05, 0) is 24.5 Å². The Labute approximate surface area is 172 Å². The Balaban J connectivity index is 0.00000243. The molecular formula is C19H28IN5O. The molecule has 3 rings (SSSR count). The molecule has 1 aromatic carbocycles. The fraction of sp³-hybridized carbons (Fsp3) is 0.474. The Morgan fingerprint density at radius 3 is 2.88 bits per heavy atom. The van der Waals surface area contributed by atoms with Crippen LogP contribution in [0.2, 0.25) is 0 Å². The maximum Gasteiger partial charge on any atom is 0.193 e. The van der Waals surface area contributed by atoms with Crippen LogP contribution in [0, 0.1) is 6.92 Å². The second-order valence-electron chi connectivity index (χ2n) is 6.40.